The number of carboxylic acid groups (broad SMARTS) is 1. The number of carbonyl (C=O) groups excluding carboxylic acids is 1. The Morgan fingerprint density at radius 1 is 0.960 bits per heavy atom. The minimum Gasteiger partial charge on any atom is -0.481 e. The first-order chi connectivity index (χ1) is 12.1. The normalized spacial score (nSPS) is 16.4. The van der Waals surface area contributed by atoms with Gasteiger partial charge in [0.15, 0.2) is 0 Å². The minimum atomic E-state index is -0.759. The summed E-state index contributed by atoms with van der Waals surface area (Å²) in [7, 11) is 0. The van der Waals surface area contributed by atoms with Gasteiger partial charge in [-0.25, -0.2) is 0 Å². The maximum absolute atomic E-state index is 13.1. The molecule has 2 aromatic carbocycles. The number of benzene rings is 2. The zero-order valence-electron chi connectivity index (χ0n) is 13.9. The van der Waals surface area contributed by atoms with E-state index in [-0.39, 0.29) is 17.1 Å². The molecule has 0 aliphatic carbocycles. The number of rotatable bonds is 5. The monoisotopic (exact) mass is 355 g/mol. The van der Waals surface area contributed by atoms with E-state index < -0.39 is 5.97 Å². The third kappa shape index (κ3) is 4.42. The molecule has 1 aliphatic rings. The Labute approximate surface area is 151 Å². The number of hydrogen-bond donors (Lipinski definition) is 1. The molecule has 4 nitrogen and oxygen atoms in total. The molecule has 2 aromatic rings. The molecule has 0 radical (unpaired) electrons. The van der Waals surface area contributed by atoms with Crippen molar-refractivity contribution in [1.82, 2.24) is 4.90 Å². The molecule has 3 rings (SSSR count). The zero-order chi connectivity index (χ0) is 17.6. The third-order valence-corrected chi connectivity index (χ3v) is 5.73. The number of piperidine rings is 1. The first-order valence-corrected chi connectivity index (χ1v) is 9.31. The van der Waals surface area contributed by atoms with Crippen molar-refractivity contribution < 1.29 is 14.7 Å². The van der Waals surface area contributed by atoms with Crippen LogP contribution in [0.25, 0.3) is 0 Å². The van der Waals surface area contributed by atoms with Crippen LogP contribution in [0.5, 0.6) is 0 Å². The van der Waals surface area contributed by atoms with Crippen molar-refractivity contribution in [1.29, 1.82) is 0 Å². The van der Waals surface area contributed by atoms with Crippen molar-refractivity contribution in [3.05, 3.63) is 66.2 Å². The van der Waals surface area contributed by atoms with E-state index in [1.807, 2.05) is 65.6 Å². The number of carbonyl (C=O) groups is 2. The molecular formula is C20H21NO3S. The summed E-state index contributed by atoms with van der Waals surface area (Å²) in [6.07, 6.45) is 1.05. The molecule has 1 fully saturated rings. The summed E-state index contributed by atoms with van der Waals surface area (Å²) in [5.41, 5.74) is 0.974. The van der Waals surface area contributed by atoms with Gasteiger partial charge < -0.3 is 10.0 Å². The standard InChI is InChI=1S/C20H21NO3S/c22-19(21-13-11-16(12-14-21)20(23)24)18(15-7-3-1-4-8-15)25-17-9-5-2-6-10-17/h1-10,16,18H,11-14H2,(H,23,24). The summed E-state index contributed by atoms with van der Waals surface area (Å²) in [5.74, 6) is -1.03. The van der Waals surface area contributed by atoms with Crippen molar-refractivity contribution in [3.8, 4) is 0 Å². The van der Waals surface area contributed by atoms with Crippen molar-refractivity contribution in [2.75, 3.05) is 13.1 Å². The highest BCUT2D eigenvalue weighted by molar-refractivity contribution is 8.00. The van der Waals surface area contributed by atoms with Crippen LogP contribution >= 0.6 is 11.8 Å². The lowest BCUT2D eigenvalue weighted by Gasteiger charge is -2.32. The number of aliphatic carboxylic acids is 1. The summed E-state index contributed by atoms with van der Waals surface area (Å²) in [6, 6.07) is 19.7. The van der Waals surface area contributed by atoms with Crippen LogP contribution in [-0.4, -0.2) is 35.0 Å². The fourth-order valence-corrected chi connectivity index (χ4v) is 4.17. The smallest absolute Gasteiger partial charge is 0.306 e. The van der Waals surface area contributed by atoms with Gasteiger partial charge in [-0.1, -0.05) is 48.5 Å². The number of hydrogen-bond acceptors (Lipinski definition) is 3. The molecule has 5 heteroatoms. The van der Waals surface area contributed by atoms with Crippen LogP contribution in [0.2, 0.25) is 0 Å². The van der Waals surface area contributed by atoms with Gasteiger partial charge in [-0.2, -0.15) is 0 Å². The summed E-state index contributed by atoms with van der Waals surface area (Å²) in [4.78, 5) is 27.1. The SMILES string of the molecule is O=C(O)C1CCN(C(=O)C(Sc2ccccc2)c2ccccc2)CC1. The molecule has 1 atom stereocenters. The van der Waals surface area contributed by atoms with Crippen LogP contribution in [0.4, 0.5) is 0 Å². The van der Waals surface area contributed by atoms with E-state index in [1.165, 1.54) is 0 Å². The van der Waals surface area contributed by atoms with Crippen molar-refractivity contribution >= 4 is 23.6 Å². The van der Waals surface area contributed by atoms with Gasteiger partial charge >= 0.3 is 5.97 Å². The second-order valence-corrected chi connectivity index (χ2v) is 7.34. The van der Waals surface area contributed by atoms with Crippen LogP contribution in [0.3, 0.4) is 0 Å². The second-order valence-electron chi connectivity index (χ2n) is 6.16. The number of thioether (sulfide) groups is 1. The highest BCUT2D eigenvalue weighted by Crippen LogP contribution is 2.37. The van der Waals surface area contributed by atoms with Gasteiger partial charge in [-0.3, -0.25) is 9.59 Å². The molecule has 0 bridgehead atoms. The van der Waals surface area contributed by atoms with Crippen LogP contribution in [0.15, 0.2) is 65.6 Å². The Balaban J connectivity index is 1.77. The first-order valence-electron chi connectivity index (χ1n) is 8.43. The van der Waals surface area contributed by atoms with E-state index in [9.17, 15) is 9.59 Å². The topological polar surface area (TPSA) is 57.6 Å². The lowest BCUT2D eigenvalue weighted by Crippen LogP contribution is -2.42. The molecule has 1 saturated heterocycles. The lowest BCUT2D eigenvalue weighted by atomic mass is 9.96. The Hall–Kier alpha value is -2.27. The van der Waals surface area contributed by atoms with Gasteiger partial charge in [0.2, 0.25) is 5.91 Å². The molecule has 0 spiro atoms. The van der Waals surface area contributed by atoms with Crippen molar-refractivity contribution in [2.24, 2.45) is 5.92 Å². The van der Waals surface area contributed by atoms with E-state index in [4.69, 9.17) is 5.11 Å². The predicted molar refractivity (Wildman–Crippen MR) is 98.4 cm³/mol. The average molecular weight is 355 g/mol. The first kappa shape index (κ1) is 17.5. The zero-order valence-corrected chi connectivity index (χ0v) is 14.7. The van der Waals surface area contributed by atoms with Gasteiger partial charge in [0.05, 0.1) is 5.92 Å². The van der Waals surface area contributed by atoms with Crippen molar-refractivity contribution in [3.63, 3.8) is 0 Å². The van der Waals surface area contributed by atoms with E-state index in [0.29, 0.717) is 25.9 Å². The summed E-state index contributed by atoms with van der Waals surface area (Å²) in [6.45, 7) is 1.02. The van der Waals surface area contributed by atoms with E-state index >= 15 is 0 Å². The summed E-state index contributed by atoms with van der Waals surface area (Å²) in [5, 5.41) is 8.82. The van der Waals surface area contributed by atoms with Gasteiger partial charge in [0.1, 0.15) is 5.25 Å². The van der Waals surface area contributed by atoms with Crippen molar-refractivity contribution in [2.45, 2.75) is 23.0 Å². The quantitative estimate of drug-likeness (QED) is 0.828. The molecule has 1 N–H and O–H groups in total. The number of likely N-dealkylation sites (tertiary alicyclic amines) is 1. The minimum absolute atomic E-state index is 0.0592. The van der Waals surface area contributed by atoms with E-state index in [1.54, 1.807) is 11.8 Å². The average Bonchev–Trinajstić information content (AvgIpc) is 2.67. The molecule has 1 heterocycles. The van der Waals surface area contributed by atoms with Crippen LogP contribution in [-0.2, 0) is 9.59 Å². The highest BCUT2D eigenvalue weighted by atomic mass is 32.2. The largest absolute Gasteiger partial charge is 0.481 e. The predicted octanol–water partition coefficient (Wildman–Crippen LogP) is 3.84. The van der Waals surface area contributed by atoms with E-state index in [2.05, 4.69) is 0 Å². The maximum atomic E-state index is 13.1. The van der Waals surface area contributed by atoms with Gasteiger partial charge in [0, 0.05) is 18.0 Å². The number of nitrogens with zero attached hydrogens (tertiary/aromatic N) is 1. The molecule has 1 amide bonds. The third-order valence-electron chi connectivity index (χ3n) is 4.48. The highest BCUT2D eigenvalue weighted by Gasteiger charge is 2.31. The molecular weight excluding hydrogens is 334 g/mol. The molecule has 0 saturated carbocycles. The fourth-order valence-electron chi connectivity index (χ4n) is 3.04. The maximum Gasteiger partial charge on any atom is 0.306 e. The van der Waals surface area contributed by atoms with Crippen LogP contribution in [0, 0.1) is 5.92 Å². The second kappa shape index (κ2) is 8.21. The number of amides is 1. The Kier molecular flexibility index (Phi) is 5.76. The molecule has 1 unspecified atom stereocenters. The number of carboxylic acids is 1. The Bertz CT molecular complexity index is 712. The van der Waals surface area contributed by atoms with E-state index in [0.717, 1.165) is 10.5 Å². The van der Waals surface area contributed by atoms with Gasteiger partial charge in [-0.05, 0) is 30.5 Å². The van der Waals surface area contributed by atoms with Crippen LogP contribution in [0.1, 0.15) is 23.7 Å². The Morgan fingerprint density at radius 3 is 2.08 bits per heavy atom. The molecule has 0 aromatic heterocycles. The van der Waals surface area contributed by atoms with Gasteiger partial charge in [0.25, 0.3) is 0 Å². The fraction of sp³-hybridized carbons (Fsp3) is 0.300. The van der Waals surface area contributed by atoms with Gasteiger partial charge in [-0.15, -0.1) is 11.8 Å². The molecule has 1 aliphatic heterocycles. The summed E-state index contributed by atoms with van der Waals surface area (Å²) < 4.78 is 0. The Morgan fingerprint density at radius 2 is 1.52 bits per heavy atom. The molecule has 25 heavy (non-hydrogen) atoms. The molecule has 130 valence electrons. The summed E-state index contributed by atoms with van der Waals surface area (Å²) >= 11 is 1.54. The van der Waals surface area contributed by atoms with Crippen LogP contribution < -0.4 is 0 Å². The lowest BCUT2D eigenvalue weighted by molar-refractivity contribution is -0.145.